The van der Waals surface area contributed by atoms with Gasteiger partial charge in [0.05, 0.1) is 0 Å². The Labute approximate surface area is 61.7 Å². The van der Waals surface area contributed by atoms with Gasteiger partial charge in [-0.05, 0) is 0 Å². The average molecular weight is 158 g/mol. The number of hydrogen-bond acceptors (Lipinski definition) is 3. The molecule has 0 amide bonds. The Bertz CT molecular complexity index is 299. The molecule has 54 valence electrons. The Morgan fingerprint density at radius 3 is 2.60 bits per heavy atom. The molecule has 5 heteroatoms. The van der Waals surface area contributed by atoms with Crippen molar-refractivity contribution >= 4 is 12.6 Å². The van der Waals surface area contributed by atoms with Gasteiger partial charge in [0, 0.05) is 17.5 Å². The standard InChI is InChI=1S/C5H6N2O2S/c8-4-1-3(2-10)6-5(9)7-4/h1,10H,2H2,(H2,6,7,8,9). The molecule has 4 nitrogen and oxygen atoms in total. The number of rotatable bonds is 1. The van der Waals surface area contributed by atoms with Crippen LogP contribution in [0.3, 0.4) is 0 Å². The van der Waals surface area contributed by atoms with Gasteiger partial charge in [-0.15, -0.1) is 0 Å². The molecule has 0 bridgehead atoms. The van der Waals surface area contributed by atoms with Gasteiger partial charge < -0.3 is 4.98 Å². The topological polar surface area (TPSA) is 65.7 Å². The van der Waals surface area contributed by atoms with Crippen LogP contribution in [0, 0.1) is 0 Å². The molecule has 0 saturated heterocycles. The molecule has 0 aliphatic rings. The molecule has 0 radical (unpaired) electrons. The Morgan fingerprint density at radius 1 is 1.40 bits per heavy atom. The molecule has 0 aromatic carbocycles. The average Bonchev–Trinajstić information content (AvgIpc) is 1.85. The van der Waals surface area contributed by atoms with E-state index >= 15 is 0 Å². The van der Waals surface area contributed by atoms with Crippen LogP contribution >= 0.6 is 12.6 Å². The van der Waals surface area contributed by atoms with Gasteiger partial charge in [-0.3, -0.25) is 9.78 Å². The number of hydrogen-bond donors (Lipinski definition) is 3. The maximum Gasteiger partial charge on any atom is 0.325 e. The first-order valence-corrected chi connectivity index (χ1v) is 3.29. The predicted molar refractivity (Wildman–Crippen MR) is 40.4 cm³/mol. The molecule has 0 fully saturated rings. The summed E-state index contributed by atoms with van der Waals surface area (Å²) in [5.74, 6) is 0.360. The largest absolute Gasteiger partial charge is 0.325 e. The summed E-state index contributed by atoms with van der Waals surface area (Å²) in [7, 11) is 0. The summed E-state index contributed by atoms with van der Waals surface area (Å²) in [4.78, 5) is 25.5. The highest BCUT2D eigenvalue weighted by Gasteiger charge is 1.91. The van der Waals surface area contributed by atoms with Crippen LogP contribution < -0.4 is 11.2 Å². The highest BCUT2D eigenvalue weighted by atomic mass is 32.1. The SMILES string of the molecule is O=c1cc(CS)[nH]c(=O)[nH]1. The second-order valence-electron chi connectivity index (χ2n) is 1.77. The molecule has 2 N–H and O–H groups in total. The van der Waals surface area contributed by atoms with Gasteiger partial charge >= 0.3 is 5.69 Å². The molecule has 0 atom stereocenters. The van der Waals surface area contributed by atoms with Crippen LogP contribution in [-0.2, 0) is 5.75 Å². The molecule has 0 spiro atoms. The zero-order valence-corrected chi connectivity index (χ0v) is 5.94. The van der Waals surface area contributed by atoms with Crippen LogP contribution in [-0.4, -0.2) is 9.97 Å². The van der Waals surface area contributed by atoms with E-state index in [2.05, 4.69) is 17.6 Å². The van der Waals surface area contributed by atoms with Crippen molar-refractivity contribution in [3.8, 4) is 0 Å². The van der Waals surface area contributed by atoms with Crippen LogP contribution in [0.25, 0.3) is 0 Å². The first-order valence-electron chi connectivity index (χ1n) is 2.66. The van der Waals surface area contributed by atoms with E-state index in [-0.39, 0.29) is 0 Å². The molecule has 0 aliphatic carbocycles. The lowest BCUT2D eigenvalue weighted by molar-refractivity contribution is 0.988. The second kappa shape index (κ2) is 2.74. The molecule has 1 heterocycles. The van der Waals surface area contributed by atoms with Gasteiger partial charge in [0.1, 0.15) is 0 Å². The van der Waals surface area contributed by atoms with E-state index in [4.69, 9.17) is 0 Å². The summed E-state index contributed by atoms with van der Waals surface area (Å²) in [6.07, 6.45) is 0. The van der Waals surface area contributed by atoms with Crippen molar-refractivity contribution in [2.75, 3.05) is 0 Å². The van der Waals surface area contributed by atoms with E-state index in [9.17, 15) is 9.59 Å². The van der Waals surface area contributed by atoms with E-state index < -0.39 is 11.2 Å². The third-order valence-electron chi connectivity index (χ3n) is 0.986. The lowest BCUT2D eigenvalue weighted by Gasteiger charge is -1.90. The van der Waals surface area contributed by atoms with Crippen molar-refractivity contribution in [2.45, 2.75) is 5.75 Å². The summed E-state index contributed by atoms with van der Waals surface area (Å²) in [5.41, 5.74) is -0.360. The highest BCUT2D eigenvalue weighted by Crippen LogP contribution is 1.89. The maximum absolute atomic E-state index is 10.6. The van der Waals surface area contributed by atoms with Crippen molar-refractivity contribution in [2.24, 2.45) is 0 Å². The summed E-state index contributed by atoms with van der Waals surface area (Å²) >= 11 is 3.88. The summed E-state index contributed by atoms with van der Waals surface area (Å²) in [5, 5.41) is 0. The van der Waals surface area contributed by atoms with Crippen LogP contribution in [0.4, 0.5) is 0 Å². The van der Waals surface area contributed by atoms with Gasteiger partial charge in [-0.25, -0.2) is 4.79 Å². The molecule has 0 aliphatic heterocycles. The fraction of sp³-hybridized carbons (Fsp3) is 0.200. The molecule has 1 rings (SSSR count). The van der Waals surface area contributed by atoms with E-state index in [0.717, 1.165) is 0 Å². The molecule has 0 unspecified atom stereocenters. The van der Waals surface area contributed by atoms with Gasteiger partial charge in [-0.1, -0.05) is 0 Å². The molecule has 10 heavy (non-hydrogen) atoms. The van der Waals surface area contributed by atoms with E-state index in [1.807, 2.05) is 4.98 Å². The van der Waals surface area contributed by atoms with E-state index in [1.54, 1.807) is 0 Å². The third kappa shape index (κ3) is 1.51. The summed E-state index contributed by atoms with van der Waals surface area (Å²) < 4.78 is 0. The quantitative estimate of drug-likeness (QED) is 0.482. The molecular weight excluding hydrogens is 152 g/mol. The number of thiol groups is 1. The summed E-state index contributed by atoms with van der Waals surface area (Å²) in [6, 6.07) is 1.30. The Kier molecular flexibility index (Phi) is 1.96. The maximum atomic E-state index is 10.6. The van der Waals surface area contributed by atoms with Gasteiger partial charge in [0.2, 0.25) is 0 Å². The fourth-order valence-corrected chi connectivity index (χ4v) is 0.775. The molecular formula is C5H6N2O2S. The summed E-state index contributed by atoms with van der Waals surface area (Å²) in [6.45, 7) is 0. The van der Waals surface area contributed by atoms with Gasteiger partial charge in [0.25, 0.3) is 5.56 Å². The minimum absolute atomic E-state index is 0.360. The first-order chi connectivity index (χ1) is 4.72. The van der Waals surface area contributed by atoms with Crippen molar-refractivity contribution < 1.29 is 0 Å². The van der Waals surface area contributed by atoms with Gasteiger partial charge in [-0.2, -0.15) is 12.6 Å². The molecule has 0 saturated carbocycles. The Balaban J connectivity index is 3.33. The van der Waals surface area contributed by atoms with Crippen LogP contribution in [0.15, 0.2) is 15.7 Å². The van der Waals surface area contributed by atoms with E-state index in [1.165, 1.54) is 6.07 Å². The Morgan fingerprint density at radius 2 is 2.10 bits per heavy atom. The number of aromatic nitrogens is 2. The van der Waals surface area contributed by atoms with Crippen LogP contribution in [0.2, 0.25) is 0 Å². The van der Waals surface area contributed by atoms with Crippen molar-refractivity contribution in [3.05, 3.63) is 32.6 Å². The van der Waals surface area contributed by atoms with E-state index in [0.29, 0.717) is 11.4 Å². The lowest BCUT2D eigenvalue weighted by atomic mass is 10.5. The minimum Gasteiger partial charge on any atom is -0.310 e. The van der Waals surface area contributed by atoms with Crippen molar-refractivity contribution in [3.63, 3.8) is 0 Å². The highest BCUT2D eigenvalue weighted by molar-refractivity contribution is 7.79. The number of nitrogens with one attached hydrogen (secondary N) is 2. The number of aromatic amines is 2. The zero-order chi connectivity index (χ0) is 7.56. The number of H-pyrrole nitrogens is 2. The first kappa shape index (κ1) is 7.14. The lowest BCUT2D eigenvalue weighted by Crippen LogP contribution is -2.22. The zero-order valence-electron chi connectivity index (χ0n) is 5.05. The van der Waals surface area contributed by atoms with Crippen molar-refractivity contribution in [1.29, 1.82) is 0 Å². The van der Waals surface area contributed by atoms with Crippen LogP contribution in [0.1, 0.15) is 5.69 Å². The second-order valence-corrected chi connectivity index (χ2v) is 2.09. The normalized spacial score (nSPS) is 9.70. The fourth-order valence-electron chi connectivity index (χ4n) is 0.605. The minimum atomic E-state index is -0.489. The Hall–Kier alpha value is -0.970. The molecule has 1 aromatic heterocycles. The predicted octanol–water partition coefficient (Wildman–Crippen LogP) is -0.507. The molecule has 1 aromatic rings. The van der Waals surface area contributed by atoms with Crippen LogP contribution in [0.5, 0.6) is 0 Å². The van der Waals surface area contributed by atoms with Gasteiger partial charge in [0.15, 0.2) is 0 Å². The van der Waals surface area contributed by atoms with Crippen molar-refractivity contribution in [1.82, 2.24) is 9.97 Å². The smallest absolute Gasteiger partial charge is 0.310 e. The monoisotopic (exact) mass is 158 g/mol. The third-order valence-corrected chi connectivity index (χ3v) is 1.33.